The van der Waals surface area contributed by atoms with Gasteiger partial charge < -0.3 is 5.32 Å². The van der Waals surface area contributed by atoms with Crippen molar-refractivity contribution in [1.29, 1.82) is 0 Å². The minimum absolute atomic E-state index is 0.107. The molecule has 1 atom stereocenters. The Morgan fingerprint density at radius 3 is 2.85 bits per heavy atom. The van der Waals surface area contributed by atoms with Crippen LogP contribution in [0.5, 0.6) is 0 Å². The van der Waals surface area contributed by atoms with Crippen molar-refractivity contribution in [3.8, 4) is 0 Å². The molecule has 4 rings (SSSR count). The predicted octanol–water partition coefficient (Wildman–Crippen LogP) is 1.18. The van der Waals surface area contributed by atoms with Crippen molar-refractivity contribution in [3.63, 3.8) is 0 Å². The van der Waals surface area contributed by atoms with E-state index < -0.39 is 0 Å². The number of rotatable bonds is 6. The fraction of sp³-hybridized carbons (Fsp3) is 0.389. The highest BCUT2D eigenvalue weighted by molar-refractivity contribution is 5.77. The van der Waals surface area contributed by atoms with Gasteiger partial charge in [-0.05, 0) is 30.9 Å². The maximum atomic E-state index is 12.5. The zero-order chi connectivity index (χ0) is 18.1. The highest BCUT2D eigenvalue weighted by Gasteiger charge is 2.35. The van der Waals surface area contributed by atoms with Crippen molar-refractivity contribution in [3.05, 3.63) is 53.1 Å². The van der Waals surface area contributed by atoms with Crippen LogP contribution in [0.2, 0.25) is 0 Å². The average molecular weight is 352 g/mol. The number of carbonyl (C=O) groups is 1. The molecule has 0 unspecified atom stereocenters. The zero-order valence-corrected chi connectivity index (χ0v) is 14.5. The summed E-state index contributed by atoms with van der Waals surface area (Å²) >= 11 is 0. The first-order valence-electron chi connectivity index (χ1n) is 8.71. The van der Waals surface area contributed by atoms with Crippen LogP contribution in [0.3, 0.4) is 0 Å². The first-order chi connectivity index (χ1) is 12.6. The molecular weight excluding hydrogens is 332 g/mol. The number of aryl methyl sites for hydroxylation is 2. The Morgan fingerprint density at radius 1 is 1.31 bits per heavy atom. The minimum Gasteiger partial charge on any atom is -0.346 e. The summed E-state index contributed by atoms with van der Waals surface area (Å²) in [5, 5.41) is 7.70. The maximum Gasteiger partial charge on any atom is 0.261 e. The van der Waals surface area contributed by atoms with Gasteiger partial charge in [0, 0.05) is 20.0 Å². The second-order valence-corrected chi connectivity index (χ2v) is 6.63. The fourth-order valence-electron chi connectivity index (χ4n) is 3.14. The molecule has 8 heteroatoms. The molecular formula is C18H20N6O2. The molecule has 0 spiro atoms. The van der Waals surface area contributed by atoms with Crippen LogP contribution in [0.1, 0.15) is 31.1 Å². The van der Waals surface area contributed by atoms with Gasteiger partial charge in [0.15, 0.2) is 0 Å². The quantitative estimate of drug-likeness (QED) is 0.719. The highest BCUT2D eigenvalue weighted by atomic mass is 16.2. The van der Waals surface area contributed by atoms with E-state index in [1.165, 1.54) is 17.2 Å². The van der Waals surface area contributed by atoms with Crippen LogP contribution in [0.4, 0.5) is 0 Å². The molecule has 1 aromatic carbocycles. The lowest BCUT2D eigenvalue weighted by molar-refractivity contribution is -0.122. The molecule has 1 aliphatic carbocycles. The van der Waals surface area contributed by atoms with Gasteiger partial charge in [0.05, 0.1) is 23.3 Å². The van der Waals surface area contributed by atoms with E-state index >= 15 is 0 Å². The largest absolute Gasteiger partial charge is 0.346 e. The van der Waals surface area contributed by atoms with Gasteiger partial charge in [0.1, 0.15) is 12.2 Å². The topological polar surface area (TPSA) is 94.7 Å². The van der Waals surface area contributed by atoms with Crippen LogP contribution in [0, 0.1) is 5.92 Å². The second-order valence-electron chi connectivity index (χ2n) is 6.63. The Balaban J connectivity index is 1.45. The van der Waals surface area contributed by atoms with E-state index in [1.54, 1.807) is 16.8 Å². The number of aromatic nitrogens is 5. The number of carbonyl (C=O) groups excluding carboxylic acids is 1. The van der Waals surface area contributed by atoms with Crippen LogP contribution >= 0.6 is 0 Å². The van der Waals surface area contributed by atoms with Crippen LogP contribution in [-0.4, -0.2) is 30.2 Å². The Labute approximate surface area is 149 Å². The molecule has 0 bridgehead atoms. The van der Waals surface area contributed by atoms with E-state index in [1.807, 2.05) is 19.2 Å². The smallest absolute Gasteiger partial charge is 0.261 e. The molecule has 1 fully saturated rings. The summed E-state index contributed by atoms with van der Waals surface area (Å²) in [6.45, 7) is 0.290. The molecule has 26 heavy (non-hydrogen) atoms. The monoisotopic (exact) mass is 352 g/mol. The molecule has 3 aromatic rings. The van der Waals surface area contributed by atoms with Gasteiger partial charge in [-0.25, -0.2) is 9.97 Å². The standard InChI is InChI=1S/C18H20N6O2/c1-23-17(19-10-21-23)16(12-6-7-12)22-15(25)8-9-24-11-20-14-5-3-2-4-13(14)18(24)26/h2-5,10-12,16H,6-9H2,1H3,(H,22,25)/t16-/m1/s1. The maximum absolute atomic E-state index is 12.5. The molecule has 0 saturated heterocycles. The van der Waals surface area contributed by atoms with Crippen molar-refractivity contribution >= 4 is 16.8 Å². The molecule has 1 amide bonds. The van der Waals surface area contributed by atoms with Crippen LogP contribution in [0.15, 0.2) is 41.7 Å². The first-order valence-corrected chi connectivity index (χ1v) is 8.71. The predicted molar refractivity (Wildman–Crippen MR) is 95.2 cm³/mol. The summed E-state index contributed by atoms with van der Waals surface area (Å²) in [7, 11) is 1.82. The lowest BCUT2D eigenvalue weighted by Crippen LogP contribution is -2.33. The van der Waals surface area contributed by atoms with Crippen molar-refractivity contribution in [2.45, 2.75) is 31.8 Å². The first kappa shape index (κ1) is 16.4. The lowest BCUT2D eigenvalue weighted by Gasteiger charge is -2.17. The Morgan fingerprint density at radius 2 is 2.12 bits per heavy atom. The minimum atomic E-state index is -0.129. The molecule has 0 aliphatic heterocycles. The molecule has 8 nitrogen and oxygen atoms in total. The number of benzene rings is 1. The van der Waals surface area contributed by atoms with Gasteiger partial charge >= 0.3 is 0 Å². The Kier molecular flexibility index (Phi) is 4.24. The van der Waals surface area contributed by atoms with Gasteiger partial charge in [-0.1, -0.05) is 12.1 Å². The third kappa shape index (κ3) is 3.22. The van der Waals surface area contributed by atoms with Crippen LogP contribution in [-0.2, 0) is 18.4 Å². The van der Waals surface area contributed by atoms with E-state index in [4.69, 9.17) is 0 Å². The summed E-state index contributed by atoms with van der Waals surface area (Å²) in [4.78, 5) is 33.5. The molecule has 1 N–H and O–H groups in total. The normalized spacial score (nSPS) is 15.1. The van der Waals surface area contributed by atoms with E-state index in [2.05, 4.69) is 20.4 Å². The van der Waals surface area contributed by atoms with Gasteiger partial charge in [-0.15, -0.1) is 0 Å². The summed E-state index contributed by atoms with van der Waals surface area (Å²) in [6.07, 6.45) is 5.36. The number of hydrogen-bond donors (Lipinski definition) is 1. The Bertz CT molecular complexity index is 1000. The molecule has 2 aromatic heterocycles. The summed E-state index contributed by atoms with van der Waals surface area (Å²) in [5.74, 6) is 1.07. The second kappa shape index (κ2) is 6.70. The third-order valence-electron chi connectivity index (χ3n) is 4.75. The number of fused-ring (bicyclic) bond motifs is 1. The summed E-state index contributed by atoms with van der Waals surface area (Å²) in [6, 6.07) is 7.08. The molecule has 134 valence electrons. The molecule has 2 heterocycles. The van der Waals surface area contributed by atoms with Crippen LogP contribution in [0.25, 0.3) is 10.9 Å². The number of hydrogen-bond acceptors (Lipinski definition) is 5. The van der Waals surface area contributed by atoms with E-state index in [0.29, 0.717) is 23.4 Å². The molecule has 0 radical (unpaired) electrons. The molecule has 1 aliphatic rings. The SMILES string of the molecule is Cn1ncnc1[C@H](NC(=O)CCn1cnc2ccccc2c1=O)C1CC1. The Hall–Kier alpha value is -3.03. The lowest BCUT2D eigenvalue weighted by atomic mass is 10.1. The number of nitrogens with one attached hydrogen (secondary N) is 1. The third-order valence-corrected chi connectivity index (χ3v) is 4.75. The number of para-hydroxylation sites is 1. The fourth-order valence-corrected chi connectivity index (χ4v) is 3.14. The van der Waals surface area contributed by atoms with Gasteiger partial charge in [-0.3, -0.25) is 18.8 Å². The average Bonchev–Trinajstić information content (AvgIpc) is 3.40. The van der Waals surface area contributed by atoms with Gasteiger partial charge in [-0.2, -0.15) is 5.10 Å². The van der Waals surface area contributed by atoms with Crippen molar-refractivity contribution in [1.82, 2.24) is 29.6 Å². The highest BCUT2D eigenvalue weighted by Crippen LogP contribution is 2.40. The van der Waals surface area contributed by atoms with E-state index in [9.17, 15) is 9.59 Å². The van der Waals surface area contributed by atoms with E-state index in [-0.39, 0.29) is 23.9 Å². The van der Waals surface area contributed by atoms with Crippen molar-refractivity contribution in [2.75, 3.05) is 0 Å². The number of nitrogens with zero attached hydrogens (tertiary/aromatic N) is 5. The van der Waals surface area contributed by atoms with Crippen molar-refractivity contribution in [2.24, 2.45) is 13.0 Å². The van der Waals surface area contributed by atoms with E-state index in [0.717, 1.165) is 18.7 Å². The zero-order valence-electron chi connectivity index (χ0n) is 14.5. The summed E-state index contributed by atoms with van der Waals surface area (Å²) in [5.41, 5.74) is 0.532. The van der Waals surface area contributed by atoms with Gasteiger partial charge in [0.25, 0.3) is 5.56 Å². The summed E-state index contributed by atoms with van der Waals surface area (Å²) < 4.78 is 3.18. The number of amides is 1. The van der Waals surface area contributed by atoms with Crippen molar-refractivity contribution < 1.29 is 4.79 Å². The van der Waals surface area contributed by atoms with Gasteiger partial charge in [0.2, 0.25) is 5.91 Å². The molecule has 1 saturated carbocycles. The van der Waals surface area contributed by atoms with Crippen LogP contribution < -0.4 is 10.9 Å².